The van der Waals surface area contributed by atoms with Crippen LogP contribution < -0.4 is 4.74 Å². The summed E-state index contributed by atoms with van der Waals surface area (Å²) in [5.74, 6) is 0.835. The molecule has 0 atom stereocenters. The van der Waals surface area contributed by atoms with Gasteiger partial charge >= 0.3 is 6.09 Å². The summed E-state index contributed by atoms with van der Waals surface area (Å²) in [5.41, 5.74) is 3.86. The first-order valence-corrected chi connectivity index (χ1v) is 9.62. The third-order valence-corrected chi connectivity index (χ3v) is 4.35. The molecule has 5 heteroatoms. The van der Waals surface area contributed by atoms with Crippen LogP contribution in [0, 0.1) is 0 Å². The van der Waals surface area contributed by atoms with Crippen molar-refractivity contribution in [2.75, 3.05) is 20.2 Å². The molecule has 0 fully saturated rings. The van der Waals surface area contributed by atoms with E-state index < -0.39 is 5.60 Å². The van der Waals surface area contributed by atoms with Crippen molar-refractivity contribution in [3.05, 3.63) is 41.1 Å². The normalized spacial score (nSPS) is 15.8. The average molecular weight is 373 g/mol. The molecule has 0 radical (unpaired) electrons. The van der Waals surface area contributed by atoms with E-state index >= 15 is 0 Å². The number of hydrogen-bond donors (Lipinski definition) is 0. The van der Waals surface area contributed by atoms with Gasteiger partial charge in [0.05, 0.1) is 7.11 Å². The maximum Gasteiger partial charge on any atom is 0.410 e. The zero-order chi connectivity index (χ0) is 20.0. The van der Waals surface area contributed by atoms with Crippen LogP contribution in [0.1, 0.15) is 59.4 Å². The van der Waals surface area contributed by atoms with Crippen LogP contribution in [0.15, 0.2) is 40.5 Å². The van der Waals surface area contributed by atoms with Gasteiger partial charge in [0.25, 0.3) is 0 Å². The predicted molar refractivity (Wildman–Crippen MR) is 110 cm³/mol. The second-order valence-corrected chi connectivity index (χ2v) is 7.92. The van der Waals surface area contributed by atoms with Crippen molar-refractivity contribution in [1.29, 1.82) is 0 Å². The molecule has 0 bridgehead atoms. The Morgan fingerprint density at radius 2 is 2.04 bits per heavy atom. The standard InChI is InChI=1S/C22H32N2O3/c1-7-9-20(17-10-8-11-18(14-17)26-6)23-19-12-13-24(15-16(19)2)21(25)27-22(3,4)5/h8,10-11,14H,7,9,12-13,15H2,1-6H3. The topological polar surface area (TPSA) is 51.1 Å². The van der Waals surface area contributed by atoms with E-state index in [0.717, 1.165) is 47.6 Å². The van der Waals surface area contributed by atoms with E-state index in [-0.39, 0.29) is 6.09 Å². The minimum atomic E-state index is -0.478. The lowest BCUT2D eigenvalue weighted by Crippen LogP contribution is -2.40. The van der Waals surface area contributed by atoms with Crippen LogP contribution in [0.3, 0.4) is 0 Å². The molecule has 1 aromatic carbocycles. The number of benzene rings is 1. The number of rotatable bonds is 5. The van der Waals surface area contributed by atoms with Gasteiger partial charge in [-0.05, 0) is 57.4 Å². The molecule has 27 heavy (non-hydrogen) atoms. The molecule has 1 heterocycles. The molecular weight excluding hydrogens is 340 g/mol. The number of carbonyl (C=O) groups excluding carboxylic acids is 1. The molecule has 1 aliphatic heterocycles. The van der Waals surface area contributed by atoms with Crippen LogP contribution in [-0.2, 0) is 4.74 Å². The molecule has 148 valence electrons. The Kier molecular flexibility index (Phi) is 7.05. The number of amides is 1. The number of nitrogens with zero attached hydrogens (tertiary/aromatic N) is 2. The molecule has 0 aliphatic carbocycles. The van der Waals surface area contributed by atoms with Crippen LogP contribution in [0.5, 0.6) is 5.75 Å². The van der Waals surface area contributed by atoms with E-state index in [1.807, 2.05) is 45.9 Å². The Balaban J connectivity index is 2.22. The van der Waals surface area contributed by atoms with Gasteiger partial charge in [-0.15, -0.1) is 0 Å². The fourth-order valence-electron chi connectivity index (χ4n) is 3.01. The van der Waals surface area contributed by atoms with Gasteiger partial charge < -0.3 is 14.4 Å². The summed E-state index contributed by atoms with van der Waals surface area (Å²) < 4.78 is 10.8. The Morgan fingerprint density at radius 3 is 2.63 bits per heavy atom. The number of carbonyl (C=O) groups is 1. The summed E-state index contributed by atoms with van der Waals surface area (Å²) in [7, 11) is 1.68. The Bertz CT molecular complexity index is 729. The smallest absolute Gasteiger partial charge is 0.410 e. The van der Waals surface area contributed by atoms with Crippen LogP contribution >= 0.6 is 0 Å². The fraction of sp³-hybridized carbons (Fsp3) is 0.545. The summed E-state index contributed by atoms with van der Waals surface area (Å²) in [6.07, 6.45) is 2.40. The molecule has 0 N–H and O–H groups in total. The van der Waals surface area contributed by atoms with Gasteiger partial charge in [-0.25, -0.2) is 4.79 Å². The Hall–Kier alpha value is -2.30. The summed E-state index contributed by atoms with van der Waals surface area (Å²) >= 11 is 0. The lowest BCUT2D eigenvalue weighted by molar-refractivity contribution is 0.0259. The molecule has 0 saturated carbocycles. The first kappa shape index (κ1) is 21.0. The van der Waals surface area contributed by atoms with Crippen molar-refractivity contribution in [1.82, 2.24) is 4.90 Å². The zero-order valence-corrected chi connectivity index (χ0v) is 17.5. The second-order valence-electron chi connectivity index (χ2n) is 7.92. The summed E-state index contributed by atoms with van der Waals surface area (Å²) in [6.45, 7) is 11.1. The molecule has 0 unspecified atom stereocenters. The van der Waals surface area contributed by atoms with E-state index in [9.17, 15) is 4.79 Å². The lowest BCUT2D eigenvalue weighted by Gasteiger charge is -2.31. The average Bonchev–Trinajstić information content (AvgIpc) is 2.61. The minimum Gasteiger partial charge on any atom is -0.497 e. The molecule has 1 aromatic rings. The van der Waals surface area contributed by atoms with Crippen molar-refractivity contribution in [3.63, 3.8) is 0 Å². The minimum absolute atomic E-state index is 0.258. The SMILES string of the molecule is CCCC(=NC1=C(C)CN(C(=O)OC(C)(C)C)CC1)c1cccc(OC)c1. The summed E-state index contributed by atoms with van der Waals surface area (Å²) in [4.78, 5) is 19.1. The largest absolute Gasteiger partial charge is 0.497 e. The fourth-order valence-corrected chi connectivity index (χ4v) is 3.01. The summed E-state index contributed by atoms with van der Waals surface area (Å²) in [6, 6.07) is 8.03. The van der Waals surface area contributed by atoms with E-state index in [2.05, 4.69) is 13.0 Å². The molecule has 0 saturated heterocycles. The zero-order valence-electron chi connectivity index (χ0n) is 17.5. The molecule has 0 aromatic heterocycles. The monoisotopic (exact) mass is 372 g/mol. The highest BCUT2D eigenvalue weighted by molar-refractivity contribution is 6.01. The van der Waals surface area contributed by atoms with Gasteiger partial charge in [-0.2, -0.15) is 0 Å². The molecule has 1 aliphatic rings. The van der Waals surface area contributed by atoms with Crippen molar-refractivity contribution < 1.29 is 14.3 Å². The van der Waals surface area contributed by atoms with Gasteiger partial charge in [0.2, 0.25) is 0 Å². The Labute approximate surface area is 163 Å². The highest BCUT2D eigenvalue weighted by atomic mass is 16.6. The molecular formula is C22H32N2O3. The first-order valence-electron chi connectivity index (χ1n) is 9.62. The van der Waals surface area contributed by atoms with Crippen molar-refractivity contribution >= 4 is 11.8 Å². The van der Waals surface area contributed by atoms with Crippen LogP contribution in [-0.4, -0.2) is 42.5 Å². The van der Waals surface area contributed by atoms with Gasteiger partial charge in [-0.1, -0.05) is 25.5 Å². The third-order valence-electron chi connectivity index (χ3n) is 4.35. The van der Waals surface area contributed by atoms with E-state index in [4.69, 9.17) is 14.5 Å². The van der Waals surface area contributed by atoms with Gasteiger partial charge in [-0.3, -0.25) is 4.99 Å². The van der Waals surface area contributed by atoms with E-state index in [0.29, 0.717) is 13.1 Å². The van der Waals surface area contributed by atoms with Crippen molar-refractivity contribution in [2.24, 2.45) is 4.99 Å². The van der Waals surface area contributed by atoms with Gasteiger partial charge in [0.15, 0.2) is 0 Å². The molecule has 0 spiro atoms. The maximum atomic E-state index is 12.3. The number of ether oxygens (including phenoxy) is 2. The highest BCUT2D eigenvalue weighted by Crippen LogP contribution is 2.23. The van der Waals surface area contributed by atoms with E-state index in [1.165, 1.54) is 0 Å². The molecule has 5 nitrogen and oxygen atoms in total. The first-order chi connectivity index (χ1) is 12.7. The number of methoxy groups -OCH3 is 1. The summed E-state index contributed by atoms with van der Waals surface area (Å²) in [5, 5.41) is 0. The predicted octanol–water partition coefficient (Wildman–Crippen LogP) is 5.20. The number of aliphatic imine (C=N–C) groups is 1. The molecule has 2 rings (SSSR count). The Morgan fingerprint density at radius 1 is 1.30 bits per heavy atom. The van der Waals surface area contributed by atoms with Crippen LogP contribution in [0.4, 0.5) is 4.79 Å². The van der Waals surface area contributed by atoms with Crippen LogP contribution in [0.25, 0.3) is 0 Å². The molecule has 1 amide bonds. The van der Waals surface area contributed by atoms with Crippen molar-refractivity contribution in [3.8, 4) is 5.75 Å². The second kappa shape index (κ2) is 9.07. The van der Waals surface area contributed by atoms with Crippen LogP contribution in [0.2, 0.25) is 0 Å². The maximum absolute atomic E-state index is 12.3. The van der Waals surface area contributed by atoms with Gasteiger partial charge in [0, 0.05) is 30.9 Å². The number of hydrogen-bond acceptors (Lipinski definition) is 4. The van der Waals surface area contributed by atoms with Gasteiger partial charge in [0.1, 0.15) is 11.4 Å². The van der Waals surface area contributed by atoms with Crippen molar-refractivity contribution in [2.45, 2.75) is 59.5 Å². The third kappa shape index (κ3) is 6.12. The highest BCUT2D eigenvalue weighted by Gasteiger charge is 2.25. The lowest BCUT2D eigenvalue weighted by atomic mass is 10.0. The van der Waals surface area contributed by atoms with E-state index in [1.54, 1.807) is 12.0 Å². The quantitative estimate of drug-likeness (QED) is 0.668.